The van der Waals surface area contributed by atoms with Crippen molar-refractivity contribution in [2.75, 3.05) is 0 Å². The van der Waals surface area contributed by atoms with E-state index in [0.29, 0.717) is 5.56 Å². The van der Waals surface area contributed by atoms with Crippen molar-refractivity contribution in [2.45, 2.75) is 32.8 Å². The number of rotatable bonds is 2. The van der Waals surface area contributed by atoms with Crippen molar-refractivity contribution < 1.29 is 5.11 Å². The first-order chi connectivity index (χ1) is 9.45. The molecule has 0 heterocycles. The molecule has 0 aliphatic rings. The summed E-state index contributed by atoms with van der Waals surface area (Å²) in [5.41, 5.74) is 3.25. The number of aliphatic hydroxyl groups is 1. The molecule has 0 amide bonds. The molecule has 0 fully saturated rings. The smallest absolute Gasteiger partial charge is 0.186 e. The largest absolute Gasteiger partial charge is 0.392 e. The van der Waals surface area contributed by atoms with Gasteiger partial charge in [0, 0.05) is 5.56 Å². The van der Waals surface area contributed by atoms with Crippen LogP contribution in [-0.4, -0.2) is 5.11 Å². The van der Waals surface area contributed by atoms with E-state index >= 15 is 0 Å². The van der Waals surface area contributed by atoms with Crippen LogP contribution in [0.4, 0.5) is 0 Å². The van der Waals surface area contributed by atoms with Crippen LogP contribution in [0.15, 0.2) is 53.3 Å². The maximum Gasteiger partial charge on any atom is 0.186 e. The van der Waals surface area contributed by atoms with Crippen molar-refractivity contribution in [3.05, 3.63) is 69.9 Å². The zero-order valence-corrected chi connectivity index (χ0v) is 12.2. The molecule has 0 radical (unpaired) electrons. The summed E-state index contributed by atoms with van der Waals surface area (Å²) in [7, 11) is 0. The van der Waals surface area contributed by atoms with Crippen LogP contribution < -0.4 is 5.43 Å². The first-order valence-corrected chi connectivity index (χ1v) is 6.78. The molecule has 0 atom stereocenters. The first kappa shape index (κ1) is 14.5. The van der Waals surface area contributed by atoms with Crippen LogP contribution in [0.25, 0.3) is 11.1 Å². The zero-order chi connectivity index (χ0) is 14.8. The molecule has 0 aliphatic heterocycles. The van der Waals surface area contributed by atoms with Crippen LogP contribution in [0.2, 0.25) is 0 Å². The number of benzene rings is 1. The topological polar surface area (TPSA) is 37.3 Å². The van der Waals surface area contributed by atoms with Gasteiger partial charge in [-0.05, 0) is 28.2 Å². The second-order valence-corrected chi connectivity index (χ2v) is 5.93. The lowest BCUT2D eigenvalue weighted by Gasteiger charge is -2.24. The van der Waals surface area contributed by atoms with E-state index in [1.807, 2.05) is 36.4 Å². The molecule has 2 aromatic rings. The Morgan fingerprint density at radius 3 is 2.20 bits per heavy atom. The average molecular weight is 268 g/mol. The average Bonchev–Trinajstić information content (AvgIpc) is 2.61. The summed E-state index contributed by atoms with van der Waals surface area (Å²) in [5.74, 6) is 0. The van der Waals surface area contributed by atoms with Crippen molar-refractivity contribution in [1.29, 1.82) is 0 Å². The van der Waals surface area contributed by atoms with Gasteiger partial charge in [-0.2, -0.15) is 0 Å². The van der Waals surface area contributed by atoms with E-state index in [0.717, 1.165) is 16.7 Å². The lowest BCUT2D eigenvalue weighted by molar-refractivity contribution is 0.279. The molecule has 2 rings (SSSR count). The Bertz CT molecular complexity index is 667. The molecule has 2 aromatic carbocycles. The summed E-state index contributed by atoms with van der Waals surface area (Å²) in [6.45, 7) is 6.25. The fourth-order valence-corrected chi connectivity index (χ4v) is 2.47. The normalized spacial score (nSPS) is 11.4. The summed E-state index contributed by atoms with van der Waals surface area (Å²) in [6.07, 6.45) is 0. The van der Waals surface area contributed by atoms with Crippen LogP contribution in [0.1, 0.15) is 31.9 Å². The number of hydrogen-bond donors (Lipinski definition) is 1. The van der Waals surface area contributed by atoms with Gasteiger partial charge >= 0.3 is 0 Å². The van der Waals surface area contributed by atoms with Gasteiger partial charge in [0.2, 0.25) is 0 Å². The first-order valence-electron chi connectivity index (χ1n) is 6.78. The molecule has 0 saturated carbocycles. The van der Waals surface area contributed by atoms with Crippen molar-refractivity contribution >= 4 is 0 Å². The Morgan fingerprint density at radius 1 is 0.900 bits per heavy atom. The molecule has 20 heavy (non-hydrogen) atoms. The molecular weight excluding hydrogens is 248 g/mol. The summed E-state index contributed by atoms with van der Waals surface area (Å²) in [5, 5.41) is 9.78. The third-order valence-electron chi connectivity index (χ3n) is 3.43. The molecular formula is C18H20O2. The van der Waals surface area contributed by atoms with Gasteiger partial charge in [-0.1, -0.05) is 63.2 Å². The third-order valence-corrected chi connectivity index (χ3v) is 3.43. The molecule has 0 aliphatic carbocycles. The van der Waals surface area contributed by atoms with Gasteiger partial charge in [-0.25, -0.2) is 0 Å². The third kappa shape index (κ3) is 2.81. The highest BCUT2D eigenvalue weighted by molar-refractivity contribution is 5.68. The SMILES string of the molecule is CC(C)(C)c1cccc(-c2cccccc2=O)c1CO. The summed E-state index contributed by atoms with van der Waals surface area (Å²) in [6, 6.07) is 14.6. The molecule has 2 heteroatoms. The second-order valence-electron chi connectivity index (χ2n) is 5.93. The monoisotopic (exact) mass is 268 g/mol. The molecule has 1 N–H and O–H groups in total. The van der Waals surface area contributed by atoms with Crippen LogP contribution in [0.5, 0.6) is 0 Å². The van der Waals surface area contributed by atoms with Crippen molar-refractivity contribution in [2.24, 2.45) is 0 Å². The molecule has 2 nitrogen and oxygen atoms in total. The molecule has 0 aromatic heterocycles. The zero-order valence-electron chi connectivity index (χ0n) is 12.2. The Labute approximate surface area is 119 Å². The summed E-state index contributed by atoms with van der Waals surface area (Å²) >= 11 is 0. The summed E-state index contributed by atoms with van der Waals surface area (Å²) in [4.78, 5) is 12.2. The standard InChI is InChI=1S/C18H20O2/c1-18(2,3)16-10-7-9-13(15(16)12-19)14-8-5-4-6-11-17(14)20/h4-11,19H,12H2,1-3H3. The van der Waals surface area contributed by atoms with Crippen LogP contribution in [0, 0.1) is 0 Å². The van der Waals surface area contributed by atoms with Gasteiger partial charge in [0.05, 0.1) is 6.61 Å². The summed E-state index contributed by atoms with van der Waals surface area (Å²) < 4.78 is 0. The van der Waals surface area contributed by atoms with E-state index in [1.54, 1.807) is 12.1 Å². The molecule has 0 bridgehead atoms. The minimum Gasteiger partial charge on any atom is -0.392 e. The predicted octanol–water partition coefficient (Wildman–Crippen LogP) is 3.50. The fraction of sp³-hybridized carbons (Fsp3) is 0.278. The predicted molar refractivity (Wildman–Crippen MR) is 82.8 cm³/mol. The fourth-order valence-electron chi connectivity index (χ4n) is 2.47. The van der Waals surface area contributed by atoms with Crippen LogP contribution in [0.3, 0.4) is 0 Å². The van der Waals surface area contributed by atoms with E-state index in [-0.39, 0.29) is 17.5 Å². The van der Waals surface area contributed by atoms with Crippen LogP contribution >= 0.6 is 0 Å². The van der Waals surface area contributed by atoms with Gasteiger partial charge in [-0.3, -0.25) is 4.79 Å². The van der Waals surface area contributed by atoms with Crippen molar-refractivity contribution in [1.82, 2.24) is 0 Å². The second kappa shape index (κ2) is 5.59. The highest BCUT2D eigenvalue weighted by atomic mass is 16.3. The van der Waals surface area contributed by atoms with Gasteiger partial charge in [-0.15, -0.1) is 0 Å². The van der Waals surface area contributed by atoms with Gasteiger partial charge in [0.15, 0.2) is 5.43 Å². The van der Waals surface area contributed by atoms with E-state index in [9.17, 15) is 9.90 Å². The van der Waals surface area contributed by atoms with E-state index < -0.39 is 0 Å². The molecule has 0 spiro atoms. The lowest BCUT2D eigenvalue weighted by atomic mass is 9.81. The minimum atomic E-state index is -0.0753. The van der Waals surface area contributed by atoms with Gasteiger partial charge in [0.1, 0.15) is 0 Å². The quantitative estimate of drug-likeness (QED) is 0.905. The van der Waals surface area contributed by atoms with E-state index in [2.05, 4.69) is 20.8 Å². The Hall–Kier alpha value is -1.93. The maximum absolute atomic E-state index is 12.2. The Kier molecular flexibility index (Phi) is 4.05. The van der Waals surface area contributed by atoms with Gasteiger partial charge < -0.3 is 5.11 Å². The van der Waals surface area contributed by atoms with Crippen molar-refractivity contribution in [3.63, 3.8) is 0 Å². The lowest BCUT2D eigenvalue weighted by Crippen LogP contribution is -2.15. The van der Waals surface area contributed by atoms with Crippen molar-refractivity contribution in [3.8, 4) is 11.1 Å². The minimum absolute atomic E-state index is 0.0317. The molecule has 0 unspecified atom stereocenters. The Morgan fingerprint density at radius 2 is 1.55 bits per heavy atom. The number of hydrogen-bond acceptors (Lipinski definition) is 2. The molecule has 104 valence electrons. The Balaban J connectivity index is 2.77. The number of aliphatic hydroxyl groups excluding tert-OH is 1. The van der Waals surface area contributed by atoms with Crippen LogP contribution in [-0.2, 0) is 12.0 Å². The highest BCUT2D eigenvalue weighted by Crippen LogP contribution is 2.31. The molecule has 0 saturated heterocycles. The maximum atomic E-state index is 12.2. The highest BCUT2D eigenvalue weighted by Gasteiger charge is 2.20. The van der Waals surface area contributed by atoms with E-state index in [1.165, 1.54) is 0 Å². The van der Waals surface area contributed by atoms with Gasteiger partial charge in [0.25, 0.3) is 0 Å². The van der Waals surface area contributed by atoms with E-state index in [4.69, 9.17) is 0 Å².